The maximum atomic E-state index is 12.9. The number of benzene rings is 1. The second kappa shape index (κ2) is 4.53. The molecule has 2 heterocycles. The maximum Gasteiger partial charge on any atom is 0.243 e. The molecule has 1 amide bonds. The van der Waals surface area contributed by atoms with Crippen molar-refractivity contribution in [3.05, 3.63) is 30.1 Å². The van der Waals surface area contributed by atoms with Gasteiger partial charge in [0.2, 0.25) is 15.9 Å². The van der Waals surface area contributed by atoms with E-state index >= 15 is 0 Å². The SMILES string of the molecule is O=C1CC2(CCN(S(=O)(=O)c3ccc(F)cc3)C2)CN1. The van der Waals surface area contributed by atoms with Crippen LogP contribution < -0.4 is 5.32 Å². The number of hydrogen-bond acceptors (Lipinski definition) is 3. The molecule has 2 fully saturated rings. The van der Waals surface area contributed by atoms with E-state index in [1.165, 1.54) is 16.4 Å². The molecule has 0 aliphatic carbocycles. The first-order valence-electron chi connectivity index (χ1n) is 6.44. The quantitative estimate of drug-likeness (QED) is 0.875. The number of amides is 1. The predicted molar refractivity (Wildman–Crippen MR) is 69.8 cm³/mol. The van der Waals surface area contributed by atoms with Crippen molar-refractivity contribution < 1.29 is 17.6 Å². The normalized spacial score (nSPS) is 27.1. The van der Waals surface area contributed by atoms with Crippen LogP contribution in [0.1, 0.15) is 12.8 Å². The molecular weight excluding hydrogens is 283 g/mol. The Labute approximate surface area is 116 Å². The number of carbonyl (C=O) groups excluding carboxylic acids is 1. The van der Waals surface area contributed by atoms with Gasteiger partial charge < -0.3 is 5.32 Å². The van der Waals surface area contributed by atoms with Crippen molar-refractivity contribution in [3.63, 3.8) is 0 Å². The average molecular weight is 298 g/mol. The zero-order valence-electron chi connectivity index (χ0n) is 10.8. The van der Waals surface area contributed by atoms with Gasteiger partial charge in [0.25, 0.3) is 0 Å². The molecule has 1 aromatic rings. The Kier molecular flexibility index (Phi) is 3.06. The van der Waals surface area contributed by atoms with Gasteiger partial charge in [-0.3, -0.25) is 4.79 Å². The van der Waals surface area contributed by atoms with E-state index in [1.54, 1.807) is 0 Å². The van der Waals surface area contributed by atoms with E-state index in [2.05, 4.69) is 5.32 Å². The van der Waals surface area contributed by atoms with E-state index in [-0.39, 0.29) is 16.2 Å². The molecule has 20 heavy (non-hydrogen) atoms. The maximum absolute atomic E-state index is 12.9. The summed E-state index contributed by atoms with van der Waals surface area (Å²) in [7, 11) is -3.61. The van der Waals surface area contributed by atoms with Gasteiger partial charge in [0.1, 0.15) is 5.82 Å². The van der Waals surface area contributed by atoms with Crippen molar-refractivity contribution in [2.45, 2.75) is 17.7 Å². The smallest absolute Gasteiger partial charge is 0.243 e. The van der Waals surface area contributed by atoms with Gasteiger partial charge in [-0.2, -0.15) is 4.31 Å². The van der Waals surface area contributed by atoms with E-state index in [0.29, 0.717) is 32.5 Å². The highest BCUT2D eigenvalue weighted by molar-refractivity contribution is 7.89. The van der Waals surface area contributed by atoms with Gasteiger partial charge >= 0.3 is 0 Å². The Morgan fingerprint density at radius 1 is 1.25 bits per heavy atom. The van der Waals surface area contributed by atoms with E-state index in [0.717, 1.165) is 12.1 Å². The van der Waals surface area contributed by atoms with Crippen LogP contribution in [-0.4, -0.2) is 38.3 Å². The van der Waals surface area contributed by atoms with Crippen LogP contribution >= 0.6 is 0 Å². The minimum absolute atomic E-state index is 0.0222. The molecule has 2 saturated heterocycles. The molecule has 108 valence electrons. The molecule has 2 aliphatic heterocycles. The fourth-order valence-corrected chi connectivity index (χ4v) is 4.45. The van der Waals surface area contributed by atoms with Gasteiger partial charge in [0, 0.05) is 31.5 Å². The Morgan fingerprint density at radius 2 is 1.95 bits per heavy atom. The molecule has 0 bridgehead atoms. The molecule has 1 atom stereocenters. The van der Waals surface area contributed by atoms with E-state index in [1.807, 2.05) is 0 Å². The highest BCUT2D eigenvalue weighted by Gasteiger charge is 2.47. The first kappa shape index (κ1) is 13.5. The fraction of sp³-hybridized carbons (Fsp3) is 0.462. The summed E-state index contributed by atoms with van der Waals surface area (Å²) < 4.78 is 39.2. The average Bonchev–Trinajstić information content (AvgIpc) is 2.98. The van der Waals surface area contributed by atoms with Crippen LogP contribution in [0, 0.1) is 11.2 Å². The van der Waals surface area contributed by atoms with Crippen molar-refractivity contribution in [3.8, 4) is 0 Å². The number of rotatable bonds is 2. The minimum atomic E-state index is -3.61. The van der Waals surface area contributed by atoms with Crippen LogP contribution in [0.2, 0.25) is 0 Å². The fourth-order valence-electron chi connectivity index (χ4n) is 2.90. The molecule has 1 unspecified atom stereocenters. The van der Waals surface area contributed by atoms with Crippen molar-refractivity contribution >= 4 is 15.9 Å². The van der Waals surface area contributed by atoms with E-state index in [4.69, 9.17) is 0 Å². The lowest BCUT2D eigenvalue weighted by atomic mass is 9.86. The lowest BCUT2D eigenvalue weighted by Gasteiger charge is -2.21. The molecule has 1 aromatic carbocycles. The minimum Gasteiger partial charge on any atom is -0.355 e. The Hall–Kier alpha value is -1.47. The second-order valence-corrected chi connectivity index (χ2v) is 7.43. The van der Waals surface area contributed by atoms with Gasteiger partial charge in [-0.25, -0.2) is 12.8 Å². The summed E-state index contributed by atoms with van der Waals surface area (Å²) in [4.78, 5) is 11.4. The van der Waals surface area contributed by atoms with Gasteiger partial charge in [-0.15, -0.1) is 0 Å². The van der Waals surface area contributed by atoms with Crippen LogP contribution in [0.4, 0.5) is 4.39 Å². The van der Waals surface area contributed by atoms with Crippen molar-refractivity contribution in [1.82, 2.24) is 9.62 Å². The first-order valence-corrected chi connectivity index (χ1v) is 7.88. The molecule has 0 aromatic heterocycles. The van der Waals surface area contributed by atoms with E-state index in [9.17, 15) is 17.6 Å². The van der Waals surface area contributed by atoms with Gasteiger partial charge in [-0.05, 0) is 30.7 Å². The molecule has 3 rings (SSSR count). The summed E-state index contributed by atoms with van der Waals surface area (Å²) in [5.74, 6) is -0.488. The lowest BCUT2D eigenvalue weighted by Crippen LogP contribution is -2.33. The molecule has 0 saturated carbocycles. The highest BCUT2D eigenvalue weighted by atomic mass is 32.2. The van der Waals surface area contributed by atoms with Crippen molar-refractivity contribution in [1.29, 1.82) is 0 Å². The zero-order chi connectivity index (χ0) is 14.4. The summed E-state index contributed by atoms with van der Waals surface area (Å²) in [6.45, 7) is 1.27. The number of nitrogens with zero attached hydrogens (tertiary/aromatic N) is 1. The van der Waals surface area contributed by atoms with Crippen molar-refractivity contribution in [2.24, 2.45) is 5.41 Å². The van der Waals surface area contributed by atoms with Crippen LogP contribution in [0.3, 0.4) is 0 Å². The second-order valence-electron chi connectivity index (χ2n) is 5.50. The molecular formula is C13H15FN2O3S. The Balaban J connectivity index is 1.83. The summed E-state index contributed by atoms with van der Waals surface area (Å²) in [6, 6.07) is 4.82. The largest absolute Gasteiger partial charge is 0.355 e. The molecule has 7 heteroatoms. The molecule has 5 nitrogen and oxygen atoms in total. The monoisotopic (exact) mass is 298 g/mol. The van der Waals surface area contributed by atoms with Gasteiger partial charge in [-0.1, -0.05) is 0 Å². The molecule has 1 N–H and O–H groups in total. The predicted octanol–water partition coefficient (Wildman–Crippen LogP) is 0.726. The molecule has 2 aliphatic rings. The summed E-state index contributed by atoms with van der Waals surface area (Å²) in [5.41, 5.74) is -0.274. The van der Waals surface area contributed by atoms with Crippen LogP contribution in [-0.2, 0) is 14.8 Å². The van der Waals surface area contributed by atoms with Crippen LogP contribution in [0.15, 0.2) is 29.2 Å². The van der Waals surface area contributed by atoms with Gasteiger partial charge in [0.15, 0.2) is 0 Å². The van der Waals surface area contributed by atoms with Crippen LogP contribution in [0.25, 0.3) is 0 Å². The number of sulfonamides is 1. The lowest BCUT2D eigenvalue weighted by molar-refractivity contribution is -0.119. The Bertz CT molecular complexity index is 644. The third-order valence-electron chi connectivity index (χ3n) is 4.05. The number of halogens is 1. The topological polar surface area (TPSA) is 66.5 Å². The highest BCUT2D eigenvalue weighted by Crippen LogP contribution is 2.38. The number of carbonyl (C=O) groups is 1. The number of nitrogens with one attached hydrogen (secondary N) is 1. The third-order valence-corrected chi connectivity index (χ3v) is 5.91. The number of hydrogen-bond donors (Lipinski definition) is 1. The summed E-state index contributed by atoms with van der Waals surface area (Å²) in [6.07, 6.45) is 1.05. The molecule has 0 radical (unpaired) electrons. The van der Waals surface area contributed by atoms with E-state index < -0.39 is 15.8 Å². The standard InChI is InChI=1S/C13H15FN2O3S/c14-10-1-3-11(4-2-10)20(18,19)16-6-5-13(9-16)7-12(17)15-8-13/h1-4H,5-9H2,(H,15,17). The van der Waals surface area contributed by atoms with Gasteiger partial charge in [0.05, 0.1) is 4.90 Å². The zero-order valence-corrected chi connectivity index (χ0v) is 11.6. The third kappa shape index (κ3) is 2.20. The Morgan fingerprint density at radius 3 is 2.55 bits per heavy atom. The first-order chi connectivity index (χ1) is 9.41. The molecule has 1 spiro atoms. The summed E-state index contributed by atoms with van der Waals surface area (Å²) >= 11 is 0. The summed E-state index contributed by atoms with van der Waals surface area (Å²) in [5, 5.41) is 2.76. The van der Waals surface area contributed by atoms with Crippen LogP contribution in [0.5, 0.6) is 0 Å². The van der Waals surface area contributed by atoms with Crippen molar-refractivity contribution in [2.75, 3.05) is 19.6 Å².